The molecule has 0 aliphatic carbocycles. The van der Waals surface area contributed by atoms with Crippen molar-refractivity contribution in [2.75, 3.05) is 6.61 Å². The van der Waals surface area contributed by atoms with Crippen LogP contribution in [0.15, 0.2) is 11.6 Å². The maximum atomic E-state index is 11.6. The molecule has 0 aromatic heterocycles. The SMILES string of the molecule is CCCCCC(=O)C(=CCO)CCC. The van der Waals surface area contributed by atoms with Gasteiger partial charge in [-0.05, 0) is 18.4 Å². The van der Waals surface area contributed by atoms with E-state index in [1.165, 1.54) is 0 Å². The van der Waals surface area contributed by atoms with Crippen LogP contribution in [0.4, 0.5) is 0 Å². The van der Waals surface area contributed by atoms with E-state index < -0.39 is 0 Å². The summed E-state index contributed by atoms with van der Waals surface area (Å²) in [6.45, 7) is 4.15. The van der Waals surface area contributed by atoms with E-state index >= 15 is 0 Å². The summed E-state index contributed by atoms with van der Waals surface area (Å²) in [6.07, 6.45) is 7.28. The molecule has 0 aromatic rings. The van der Waals surface area contributed by atoms with Crippen LogP contribution in [0.3, 0.4) is 0 Å². The van der Waals surface area contributed by atoms with Crippen LogP contribution >= 0.6 is 0 Å². The van der Waals surface area contributed by atoms with Gasteiger partial charge in [0.2, 0.25) is 0 Å². The fourth-order valence-electron chi connectivity index (χ4n) is 1.43. The van der Waals surface area contributed by atoms with Gasteiger partial charge in [-0.3, -0.25) is 4.79 Å². The summed E-state index contributed by atoms with van der Waals surface area (Å²) in [6, 6.07) is 0. The Kier molecular flexibility index (Phi) is 8.54. The highest BCUT2D eigenvalue weighted by Crippen LogP contribution is 2.11. The number of hydrogen-bond donors (Lipinski definition) is 1. The standard InChI is InChI=1S/C12H22O2/c1-3-5-6-8-12(14)11(7-4-2)9-10-13/h9,13H,3-8,10H2,1-2H3. The normalized spacial score (nSPS) is 11.8. The Hall–Kier alpha value is -0.630. The first-order chi connectivity index (χ1) is 6.76. The second-order valence-electron chi connectivity index (χ2n) is 3.54. The molecule has 0 heterocycles. The average Bonchev–Trinajstić information content (AvgIpc) is 2.18. The summed E-state index contributed by atoms with van der Waals surface area (Å²) in [5.41, 5.74) is 0.811. The third kappa shape index (κ3) is 5.92. The average molecular weight is 198 g/mol. The van der Waals surface area contributed by atoms with Crippen LogP contribution in [0.1, 0.15) is 52.4 Å². The van der Waals surface area contributed by atoms with Gasteiger partial charge in [0, 0.05) is 6.42 Å². The first kappa shape index (κ1) is 13.4. The predicted octanol–water partition coefficient (Wildman–Crippen LogP) is 2.85. The fourth-order valence-corrected chi connectivity index (χ4v) is 1.43. The quantitative estimate of drug-likeness (QED) is 0.481. The third-order valence-corrected chi connectivity index (χ3v) is 2.22. The van der Waals surface area contributed by atoms with Crippen molar-refractivity contribution in [3.63, 3.8) is 0 Å². The van der Waals surface area contributed by atoms with Gasteiger partial charge in [-0.1, -0.05) is 39.2 Å². The molecule has 0 amide bonds. The maximum Gasteiger partial charge on any atom is 0.158 e. The number of Topliss-reactive ketones (excluding diaryl/α,β-unsaturated/α-hetero) is 1. The Morgan fingerprint density at radius 1 is 1.14 bits per heavy atom. The van der Waals surface area contributed by atoms with Crippen molar-refractivity contribution in [2.24, 2.45) is 0 Å². The molecular weight excluding hydrogens is 176 g/mol. The van der Waals surface area contributed by atoms with E-state index in [1.54, 1.807) is 6.08 Å². The Bertz CT molecular complexity index is 183. The van der Waals surface area contributed by atoms with E-state index in [1.807, 2.05) is 6.92 Å². The first-order valence-corrected chi connectivity index (χ1v) is 5.59. The van der Waals surface area contributed by atoms with Gasteiger partial charge in [-0.2, -0.15) is 0 Å². The molecule has 2 nitrogen and oxygen atoms in total. The molecule has 14 heavy (non-hydrogen) atoms. The van der Waals surface area contributed by atoms with Crippen molar-refractivity contribution >= 4 is 5.78 Å². The summed E-state index contributed by atoms with van der Waals surface area (Å²) < 4.78 is 0. The summed E-state index contributed by atoms with van der Waals surface area (Å²) >= 11 is 0. The molecule has 0 aliphatic rings. The zero-order chi connectivity index (χ0) is 10.8. The molecule has 0 unspecified atom stereocenters. The van der Waals surface area contributed by atoms with Crippen LogP contribution in [0.5, 0.6) is 0 Å². The lowest BCUT2D eigenvalue weighted by Gasteiger charge is -2.04. The topological polar surface area (TPSA) is 37.3 Å². The highest BCUT2D eigenvalue weighted by atomic mass is 16.2. The first-order valence-electron chi connectivity index (χ1n) is 5.59. The molecule has 0 aromatic carbocycles. The van der Waals surface area contributed by atoms with Crippen molar-refractivity contribution in [3.8, 4) is 0 Å². The number of ketones is 1. The van der Waals surface area contributed by atoms with Crippen LogP contribution in [-0.2, 0) is 4.79 Å². The van der Waals surface area contributed by atoms with Crippen molar-refractivity contribution in [2.45, 2.75) is 52.4 Å². The molecule has 2 heteroatoms. The molecule has 0 rings (SSSR count). The molecule has 0 saturated carbocycles. The maximum absolute atomic E-state index is 11.6. The lowest BCUT2D eigenvalue weighted by atomic mass is 10.0. The molecule has 1 N–H and O–H groups in total. The number of hydrogen-bond acceptors (Lipinski definition) is 2. The van der Waals surface area contributed by atoms with Crippen LogP contribution in [0, 0.1) is 0 Å². The molecule has 0 aliphatic heterocycles. The van der Waals surface area contributed by atoms with E-state index in [9.17, 15) is 4.79 Å². The largest absolute Gasteiger partial charge is 0.392 e. The Morgan fingerprint density at radius 2 is 1.86 bits per heavy atom. The molecule has 0 spiro atoms. The number of aliphatic hydroxyl groups is 1. The van der Waals surface area contributed by atoms with Gasteiger partial charge in [0.15, 0.2) is 5.78 Å². The smallest absolute Gasteiger partial charge is 0.158 e. The number of carbonyl (C=O) groups is 1. The number of unbranched alkanes of at least 4 members (excludes halogenated alkanes) is 2. The van der Waals surface area contributed by atoms with Gasteiger partial charge in [-0.25, -0.2) is 0 Å². The van der Waals surface area contributed by atoms with E-state index in [0.29, 0.717) is 6.42 Å². The van der Waals surface area contributed by atoms with Crippen molar-refractivity contribution in [3.05, 3.63) is 11.6 Å². The predicted molar refractivity (Wildman–Crippen MR) is 59.2 cm³/mol. The van der Waals surface area contributed by atoms with Crippen LogP contribution in [-0.4, -0.2) is 17.5 Å². The minimum atomic E-state index is -0.0190. The molecule has 0 fully saturated rings. The second-order valence-corrected chi connectivity index (χ2v) is 3.54. The molecule has 0 bridgehead atoms. The monoisotopic (exact) mass is 198 g/mol. The molecule has 0 atom stereocenters. The third-order valence-electron chi connectivity index (χ3n) is 2.22. The zero-order valence-corrected chi connectivity index (χ0v) is 9.38. The van der Waals surface area contributed by atoms with E-state index in [2.05, 4.69) is 6.92 Å². The minimum absolute atomic E-state index is 0.0190. The molecule has 0 saturated heterocycles. The number of rotatable bonds is 8. The Balaban J connectivity index is 3.96. The van der Waals surface area contributed by atoms with Gasteiger partial charge in [0.1, 0.15) is 0 Å². The van der Waals surface area contributed by atoms with E-state index in [-0.39, 0.29) is 12.4 Å². The van der Waals surface area contributed by atoms with Crippen molar-refractivity contribution < 1.29 is 9.90 Å². The molecule has 0 radical (unpaired) electrons. The highest BCUT2D eigenvalue weighted by molar-refractivity contribution is 5.95. The van der Waals surface area contributed by atoms with Gasteiger partial charge in [-0.15, -0.1) is 0 Å². The summed E-state index contributed by atoms with van der Waals surface area (Å²) in [5, 5.41) is 8.76. The summed E-state index contributed by atoms with van der Waals surface area (Å²) in [4.78, 5) is 11.6. The van der Waals surface area contributed by atoms with Crippen LogP contribution in [0.2, 0.25) is 0 Å². The van der Waals surface area contributed by atoms with Gasteiger partial charge >= 0.3 is 0 Å². The Morgan fingerprint density at radius 3 is 2.36 bits per heavy atom. The van der Waals surface area contributed by atoms with Crippen LogP contribution in [0.25, 0.3) is 0 Å². The molecular formula is C12H22O2. The van der Waals surface area contributed by atoms with Gasteiger partial charge < -0.3 is 5.11 Å². The summed E-state index contributed by atoms with van der Waals surface area (Å²) in [5.74, 6) is 0.217. The van der Waals surface area contributed by atoms with Crippen molar-refractivity contribution in [1.82, 2.24) is 0 Å². The fraction of sp³-hybridized carbons (Fsp3) is 0.750. The van der Waals surface area contributed by atoms with E-state index in [4.69, 9.17) is 5.11 Å². The highest BCUT2D eigenvalue weighted by Gasteiger charge is 2.07. The number of allylic oxidation sites excluding steroid dienone is 1. The lowest BCUT2D eigenvalue weighted by Crippen LogP contribution is -2.03. The second kappa shape index (κ2) is 8.95. The number of carbonyl (C=O) groups excluding carboxylic acids is 1. The summed E-state index contributed by atoms with van der Waals surface area (Å²) in [7, 11) is 0. The van der Waals surface area contributed by atoms with E-state index in [0.717, 1.165) is 37.7 Å². The van der Waals surface area contributed by atoms with Crippen molar-refractivity contribution in [1.29, 1.82) is 0 Å². The zero-order valence-electron chi connectivity index (χ0n) is 9.38. The molecule has 82 valence electrons. The van der Waals surface area contributed by atoms with Gasteiger partial charge in [0.25, 0.3) is 0 Å². The minimum Gasteiger partial charge on any atom is -0.392 e. The number of aliphatic hydroxyl groups excluding tert-OH is 1. The lowest BCUT2D eigenvalue weighted by molar-refractivity contribution is -0.115. The van der Waals surface area contributed by atoms with Crippen LogP contribution < -0.4 is 0 Å². The Labute approximate surface area is 87.0 Å². The van der Waals surface area contributed by atoms with Gasteiger partial charge in [0.05, 0.1) is 6.61 Å².